The van der Waals surface area contributed by atoms with Crippen LogP contribution in [0.5, 0.6) is 0 Å². The predicted molar refractivity (Wildman–Crippen MR) is 44.0 cm³/mol. The van der Waals surface area contributed by atoms with E-state index < -0.39 is 11.9 Å². The molecule has 1 atom stereocenters. The second-order valence-electron chi connectivity index (χ2n) is 2.89. The number of hydrogen-bond donors (Lipinski definition) is 0. The van der Waals surface area contributed by atoms with Crippen LogP contribution in [0.1, 0.15) is 6.42 Å². The molecule has 0 saturated carbocycles. The maximum Gasteiger partial charge on any atom is 0.396 e. The van der Waals surface area contributed by atoms with Crippen molar-refractivity contribution in [3.8, 4) is 0 Å². The van der Waals surface area contributed by atoms with E-state index in [-0.39, 0.29) is 6.10 Å². The molecule has 1 fully saturated rings. The van der Waals surface area contributed by atoms with Gasteiger partial charge in [0.25, 0.3) is 0 Å². The largest absolute Gasteiger partial charge is 0.462 e. The molecule has 1 amide bonds. The summed E-state index contributed by atoms with van der Waals surface area (Å²) < 4.78 is 9.38. The van der Waals surface area contributed by atoms with Crippen LogP contribution >= 0.6 is 0 Å². The van der Waals surface area contributed by atoms with E-state index in [2.05, 4.69) is 4.74 Å². The van der Waals surface area contributed by atoms with E-state index in [1.54, 1.807) is 7.11 Å². The molecule has 0 aromatic carbocycles. The highest BCUT2D eigenvalue weighted by molar-refractivity contribution is 6.32. The molecule has 0 bridgehead atoms. The fourth-order valence-corrected chi connectivity index (χ4v) is 1.32. The van der Waals surface area contributed by atoms with Gasteiger partial charge in [-0.3, -0.25) is 4.79 Å². The zero-order valence-corrected chi connectivity index (χ0v) is 7.78. The lowest BCUT2D eigenvalue weighted by molar-refractivity contribution is -0.157. The normalized spacial score (nSPS) is 21.7. The van der Waals surface area contributed by atoms with Gasteiger partial charge in [0, 0.05) is 20.2 Å². The third kappa shape index (κ3) is 2.18. The molecule has 0 aromatic heterocycles. The third-order valence-electron chi connectivity index (χ3n) is 2.13. The van der Waals surface area contributed by atoms with Crippen LogP contribution in [0.3, 0.4) is 0 Å². The van der Waals surface area contributed by atoms with E-state index in [4.69, 9.17) is 4.74 Å². The van der Waals surface area contributed by atoms with E-state index in [0.29, 0.717) is 13.1 Å². The Bertz CT molecular complexity index is 216. The number of ether oxygens (including phenoxy) is 2. The van der Waals surface area contributed by atoms with Crippen LogP contribution < -0.4 is 0 Å². The highest BCUT2D eigenvalue weighted by Gasteiger charge is 2.30. The molecule has 1 rings (SSSR count). The maximum atomic E-state index is 11.2. The minimum atomic E-state index is -0.809. The van der Waals surface area contributed by atoms with Crippen LogP contribution in [0.4, 0.5) is 0 Å². The molecule has 1 aliphatic rings. The highest BCUT2D eigenvalue weighted by atomic mass is 16.5. The number of likely N-dealkylation sites (tertiary alicyclic amines) is 1. The zero-order valence-electron chi connectivity index (χ0n) is 7.78. The van der Waals surface area contributed by atoms with Crippen LogP contribution in [0.15, 0.2) is 0 Å². The Morgan fingerprint density at radius 1 is 1.38 bits per heavy atom. The summed E-state index contributed by atoms with van der Waals surface area (Å²) in [4.78, 5) is 23.5. The Kier molecular flexibility index (Phi) is 3.25. The summed E-state index contributed by atoms with van der Waals surface area (Å²) >= 11 is 0. The first kappa shape index (κ1) is 9.98. The molecule has 0 aromatic rings. The Labute approximate surface area is 76.6 Å². The topological polar surface area (TPSA) is 55.8 Å². The molecule has 1 aliphatic heterocycles. The number of esters is 1. The molecule has 0 aliphatic carbocycles. The summed E-state index contributed by atoms with van der Waals surface area (Å²) in [6.07, 6.45) is 0.827. The van der Waals surface area contributed by atoms with Gasteiger partial charge in [-0.05, 0) is 6.42 Å². The number of carbonyl (C=O) groups is 2. The van der Waals surface area contributed by atoms with E-state index in [1.165, 1.54) is 12.0 Å². The number of nitrogens with zero attached hydrogens (tertiary/aromatic N) is 1. The van der Waals surface area contributed by atoms with Crippen LogP contribution in [0.25, 0.3) is 0 Å². The summed E-state index contributed by atoms with van der Waals surface area (Å²) in [5.74, 6) is -1.39. The van der Waals surface area contributed by atoms with Crippen molar-refractivity contribution in [1.82, 2.24) is 4.90 Å². The van der Waals surface area contributed by atoms with Crippen LogP contribution in [0, 0.1) is 0 Å². The molecule has 0 radical (unpaired) electrons. The number of carbonyl (C=O) groups excluding carboxylic acids is 2. The van der Waals surface area contributed by atoms with Gasteiger partial charge in [0.05, 0.1) is 13.2 Å². The van der Waals surface area contributed by atoms with E-state index in [0.717, 1.165) is 6.42 Å². The first-order chi connectivity index (χ1) is 6.19. The molecular formula is C8H13NO4. The molecular weight excluding hydrogens is 174 g/mol. The molecule has 1 heterocycles. The lowest BCUT2D eigenvalue weighted by atomic mass is 10.3. The van der Waals surface area contributed by atoms with E-state index in [9.17, 15) is 9.59 Å². The Morgan fingerprint density at radius 2 is 2.08 bits per heavy atom. The monoisotopic (exact) mass is 187 g/mol. The number of hydrogen-bond acceptors (Lipinski definition) is 4. The molecule has 0 spiro atoms. The van der Waals surface area contributed by atoms with Crippen LogP contribution in [0.2, 0.25) is 0 Å². The SMILES string of the molecule is COC(=O)C(=O)N1CCC(OC)C1. The van der Waals surface area contributed by atoms with Gasteiger partial charge >= 0.3 is 11.9 Å². The van der Waals surface area contributed by atoms with Crippen LogP contribution in [-0.2, 0) is 19.1 Å². The standard InChI is InChI=1S/C8H13NO4/c1-12-6-3-4-9(5-6)7(10)8(11)13-2/h6H,3-5H2,1-2H3. The van der Waals surface area contributed by atoms with Gasteiger partial charge < -0.3 is 14.4 Å². The van der Waals surface area contributed by atoms with Gasteiger partial charge in [-0.25, -0.2) is 4.79 Å². The van der Waals surface area contributed by atoms with Gasteiger partial charge in [0.15, 0.2) is 0 Å². The summed E-state index contributed by atoms with van der Waals surface area (Å²) in [6.45, 7) is 1.04. The minimum absolute atomic E-state index is 0.0496. The second-order valence-corrected chi connectivity index (χ2v) is 2.89. The average Bonchev–Trinajstić information content (AvgIpc) is 2.63. The van der Waals surface area contributed by atoms with Crippen molar-refractivity contribution < 1.29 is 19.1 Å². The summed E-state index contributed by atoms with van der Waals surface area (Å²) in [7, 11) is 2.79. The summed E-state index contributed by atoms with van der Waals surface area (Å²) in [5.41, 5.74) is 0. The van der Waals surface area contributed by atoms with E-state index in [1.807, 2.05) is 0 Å². The van der Waals surface area contributed by atoms with Gasteiger partial charge in [-0.2, -0.15) is 0 Å². The Hall–Kier alpha value is -1.10. The number of rotatable bonds is 1. The lowest BCUT2D eigenvalue weighted by Crippen LogP contribution is -2.36. The first-order valence-corrected chi connectivity index (χ1v) is 4.09. The number of methoxy groups -OCH3 is 2. The average molecular weight is 187 g/mol. The minimum Gasteiger partial charge on any atom is -0.462 e. The molecule has 5 heteroatoms. The van der Waals surface area contributed by atoms with Crippen molar-refractivity contribution in [2.24, 2.45) is 0 Å². The van der Waals surface area contributed by atoms with Crippen molar-refractivity contribution in [3.63, 3.8) is 0 Å². The van der Waals surface area contributed by atoms with E-state index >= 15 is 0 Å². The predicted octanol–water partition coefficient (Wildman–Crippen LogP) is -0.593. The maximum absolute atomic E-state index is 11.2. The van der Waals surface area contributed by atoms with Gasteiger partial charge in [0.1, 0.15) is 0 Å². The van der Waals surface area contributed by atoms with Gasteiger partial charge in [-0.15, -0.1) is 0 Å². The van der Waals surface area contributed by atoms with Gasteiger partial charge in [0.2, 0.25) is 0 Å². The third-order valence-corrected chi connectivity index (χ3v) is 2.13. The highest BCUT2D eigenvalue weighted by Crippen LogP contribution is 2.11. The molecule has 74 valence electrons. The second kappa shape index (κ2) is 4.23. The fourth-order valence-electron chi connectivity index (χ4n) is 1.32. The molecule has 1 saturated heterocycles. The van der Waals surface area contributed by atoms with Gasteiger partial charge in [-0.1, -0.05) is 0 Å². The quantitative estimate of drug-likeness (QED) is 0.406. The van der Waals surface area contributed by atoms with Crippen LogP contribution in [-0.4, -0.2) is 50.2 Å². The molecule has 13 heavy (non-hydrogen) atoms. The van der Waals surface area contributed by atoms with Crippen molar-refractivity contribution in [1.29, 1.82) is 0 Å². The fraction of sp³-hybridized carbons (Fsp3) is 0.750. The van der Waals surface area contributed by atoms with Crippen molar-refractivity contribution in [2.45, 2.75) is 12.5 Å². The number of amides is 1. The van der Waals surface area contributed by atoms with Crippen molar-refractivity contribution in [2.75, 3.05) is 27.3 Å². The smallest absolute Gasteiger partial charge is 0.396 e. The summed E-state index contributed by atoms with van der Waals surface area (Å²) in [5, 5.41) is 0. The molecule has 5 nitrogen and oxygen atoms in total. The molecule has 0 N–H and O–H groups in total. The Morgan fingerprint density at radius 3 is 2.54 bits per heavy atom. The van der Waals surface area contributed by atoms with Crippen molar-refractivity contribution >= 4 is 11.9 Å². The lowest BCUT2D eigenvalue weighted by Gasteiger charge is -2.13. The first-order valence-electron chi connectivity index (χ1n) is 4.09. The van der Waals surface area contributed by atoms with Crippen molar-refractivity contribution in [3.05, 3.63) is 0 Å². The molecule has 1 unspecified atom stereocenters. The zero-order chi connectivity index (χ0) is 9.84. The summed E-state index contributed by atoms with van der Waals surface area (Å²) in [6, 6.07) is 0. The Balaban J connectivity index is 2.46.